The second kappa shape index (κ2) is 8.78. The van der Waals surface area contributed by atoms with Gasteiger partial charge in [-0.1, -0.05) is 20.8 Å². The van der Waals surface area contributed by atoms with E-state index < -0.39 is 0 Å². The summed E-state index contributed by atoms with van der Waals surface area (Å²) in [7, 11) is 0. The Morgan fingerprint density at radius 2 is 1.81 bits per heavy atom. The molecule has 0 aromatic heterocycles. The number of aliphatic hydroxyl groups excluding tert-OH is 2. The summed E-state index contributed by atoms with van der Waals surface area (Å²) in [5.41, 5.74) is 3.16. The highest BCUT2D eigenvalue weighted by atomic mass is 16.3. The Morgan fingerprint density at radius 1 is 1.10 bits per heavy atom. The lowest BCUT2D eigenvalue weighted by molar-refractivity contribution is -0.174. The number of nitrogens with one attached hydrogen (secondary N) is 1. The van der Waals surface area contributed by atoms with Crippen molar-refractivity contribution in [1.82, 2.24) is 5.43 Å². The normalized spacial score (nSPS) is 48.0. The molecule has 4 rings (SSSR count). The van der Waals surface area contributed by atoms with Crippen molar-refractivity contribution in [1.29, 1.82) is 0 Å². The van der Waals surface area contributed by atoms with Crippen molar-refractivity contribution >= 4 is 12.1 Å². The van der Waals surface area contributed by atoms with E-state index in [4.69, 9.17) is 0 Å². The molecule has 4 saturated carbocycles. The maximum Gasteiger partial charge on any atom is 0.240 e. The van der Waals surface area contributed by atoms with Gasteiger partial charge in [-0.3, -0.25) is 4.79 Å². The van der Waals surface area contributed by atoms with Crippen molar-refractivity contribution in [2.24, 2.45) is 51.4 Å². The zero-order valence-corrected chi connectivity index (χ0v) is 20.0. The minimum atomic E-state index is -0.218. The molecule has 176 valence electrons. The highest BCUT2D eigenvalue weighted by Crippen LogP contribution is 2.68. The van der Waals surface area contributed by atoms with Crippen LogP contribution in [0, 0.1) is 46.3 Å². The highest BCUT2D eigenvalue weighted by molar-refractivity contribution is 5.76. The molecule has 31 heavy (non-hydrogen) atoms. The summed E-state index contributed by atoms with van der Waals surface area (Å²) in [4.78, 5) is 12.0. The Labute approximate surface area is 188 Å². The van der Waals surface area contributed by atoms with Gasteiger partial charge in [0, 0.05) is 12.6 Å². The Kier molecular flexibility index (Phi) is 6.58. The molecule has 0 aromatic carbocycles. The quantitative estimate of drug-likeness (QED) is 0.441. The van der Waals surface area contributed by atoms with E-state index in [9.17, 15) is 15.0 Å². The molecule has 0 spiro atoms. The molecule has 0 aliphatic heterocycles. The van der Waals surface area contributed by atoms with Crippen molar-refractivity contribution in [3.8, 4) is 0 Å². The smallest absolute Gasteiger partial charge is 0.240 e. The van der Waals surface area contributed by atoms with Gasteiger partial charge in [-0.2, -0.15) is 5.10 Å². The van der Waals surface area contributed by atoms with E-state index in [2.05, 4.69) is 31.3 Å². The van der Waals surface area contributed by atoms with Crippen molar-refractivity contribution in [3.63, 3.8) is 0 Å². The summed E-state index contributed by atoms with van der Waals surface area (Å²) in [6.45, 7) is 9.10. The maximum atomic E-state index is 12.0. The fourth-order valence-electron chi connectivity index (χ4n) is 8.93. The van der Waals surface area contributed by atoms with Crippen LogP contribution in [-0.4, -0.2) is 34.5 Å². The molecule has 4 fully saturated rings. The van der Waals surface area contributed by atoms with E-state index in [-0.39, 0.29) is 28.9 Å². The van der Waals surface area contributed by atoms with Crippen LogP contribution in [0.2, 0.25) is 0 Å². The third-order valence-electron chi connectivity index (χ3n) is 10.6. The Bertz CT molecular complexity index is 696. The number of hydrogen-bond donors (Lipinski definition) is 3. The minimum Gasteiger partial charge on any atom is -0.393 e. The van der Waals surface area contributed by atoms with Gasteiger partial charge in [-0.25, -0.2) is 5.43 Å². The first-order valence-corrected chi connectivity index (χ1v) is 12.8. The van der Waals surface area contributed by atoms with Crippen molar-refractivity contribution in [2.45, 2.75) is 104 Å². The van der Waals surface area contributed by atoms with E-state index in [1.165, 1.54) is 25.7 Å². The molecule has 3 N–H and O–H groups in total. The molecule has 0 heterocycles. The van der Waals surface area contributed by atoms with Gasteiger partial charge < -0.3 is 10.2 Å². The first-order chi connectivity index (χ1) is 14.7. The van der Waals surface area contributed by atoms with Crippen LogP contribution in [0.25, 0.3) is 0 Å². The van der Waals surface area contributed by atoms with Gasteiger partial charge in [-0.05, 0) is 111 Å². The fraction of sp³-hybridized carbons (Fsp3) is 0.923. The number of hydrogen-bond acceptors (Lipinski definition) is 4. The van der Waals surface area contributed by atoms with Crippen molar-refractivity contribution in [3.05, 3.63) is 0 Å². The lowest BCUT2D eigenvalue weighted by Crippen LogP contribution is -2.58. The first-order valence-electron chi connectivity index (χ1n) is 12.8. The number of carbonyl (C=O) groups is 1. The molecule has 1 amide bonds. The molecule has 10 atom stereocenters. The maximum absolute atomic E-state index is 12.0. The molecule has 0 radical (unpaired) electrons. The van der Waals surface area contributed by atoms with Gasteiger partial charge >= 0.3 is 0 Å². The van der Waals surface area contributed by atoms with Crippen LogP contribution in [0.3, 0.4) is 0 Å². The number of nitrogens with zero attached hydrogens (tertiary/aromatic N) is 1. The fourth-order valence-corrected chi connectivity index (χ4v) is 8.93. The number of hydrazone groups is 1. The van der Waals surface area contributed by atoms with Gasteiger partial charge in [0.15, 0.2) is 0 Å². The van der Waals surface area contributed by atoms with E-state index in [0.717, 1.165) is 32.1 Å². The number of aliphatic hydroxyl groups is 2. The predicted molar refractivity (Wildman–Crippen MR) is 123 cm³/mol. The van der Waals surface area contributed by atoms with Gasteiger partial charge in [0.1, 0.15) is 0 Å². The average Bonchev–Trinajstić information content (AvgIpc) is 3.09. The second-order valence-electron chi connectivity index (χ2n) is 11.9. The molecule has 4 aliphatic rings. The summed E-state index contributed by atoms with van der Waals surface area (Å²) < 4.78 is 0. The van der Waals surface area contributed by atoms with E-state index in [1.807, 2.05) is 0 Å². The van der Waals surface area contributed by atoms with Crippen LogP contribution in [0.1, 0.15) is 91.9 Å². The highest BCUT2D eigenvalue weighted by Gasteiger charge is 2.62. The zero-order chi connectivity index (χ0) is 22.4. The molecule has 10 unspecified atom stereocenters. The molecule has 5 nitrogen and oxygen atoms in total. The zero-order valence-electron chi connectivity index (χ0n) is 20.0. The van der Waals surface area contributed by atoms with Crippen LogP contribution in [0.15, 0.2) is 5.10 Å². The van der Waals surface area contributed by atoms with Gasteiger partial charge in [-0.15, -0.1) is 0 Å². The molecule has 0 bridgehead atoms. The second-order valence-corrected chi connectivity index (χ2v) is 11.9. The van der Waals surface area contributed by atoms with Crippen LogP contribution >= 0.6 is 0 Å². The number of fused-ring (bicyclic) bond motifs is 5. The van der Waals surface area contributed by atoms with Crippen LogP contribution in [0.4, 0.5) is 0 Å². The number of carbonyl (C=O) groups excluding carboxylic acids is 1. The molecule has 5 heteroatoms. The molecular formula is C26H44N2O3. The van der Waals surface area contributed by atoms with Gasteiger partial charge in [0.05, 0.1) is 12.2 Å². The molecule has 0 aromatic rings. The summed E-state index contributed by atoms with van der Waals surface area (Å²) in [5.74, 6) is 3.22. The van der Waals surface area contributed by atoms with Crippen LogP contribution < -0.4 is 5.43 Å². The lowest BCUT2D eigenvalue weighted by Gasteiger charge is -2.62. The third-order valence-corrected chi connectivity index (χ3v) is 10.6. The average molecular weight is 433 g/mol. The minimum absolute atomic E-state index is 0.00881. The number of amides is 1. The Morgan fingerprint density at radius 3 is 2.55 bits per heavy atom. The van der Waals surface area contributed by atoms with Crippen LogP contribution in [0.5, 0.6) is 0 Å². The van der Waals surface area contributed by atoms with E-state index in [0.29, 0.717) is 41.9 Å². The van der Waals surface area contributed by atoms with Crippen LogP contribution in [-0.2, 0) is 4.79 Å². The summed E-state index contributed by atoms with van der Waals surface area (Å²) in [6.07, 6.45) is 11.4. The van der Waals surface area contributed by atoms with Crippen molar-refractivity contribution < 1.29 is 15.0 Å². The van der Waals surface area contributed by atoms with Gasteiger partial charge in [0.25, 0.3) is 0 Å². The largest absolute Gasteiger partial charge is 0.393 e. The molecule has 4 aliphatic carbocycles. The van der Waals surface area contributed by atoms with E-state index in [1.54, 1.807) is 13.1 Å². The first kappa shape index (κ1) is 23.2. The SMILES string of the molecule is CC=NNC(=O)CCC(C)C1CCC2C3C(O)CC4CC(O)CCC4(C)C3CCC12C. The summed E-state index contributed by atoms with van der Waals surface area (Å²) in [6, 6.07) is 0. The summed E-state index contributed by atoms with van der Waals surface area (Å²) >= 11 is 0. The molecule has 0 saturated heterocycles. The Hall–Kier alpha value is -0.940. The third kappa shape index (κ3) is 3.99. The number of rotatable bonds is 5. The Balaban J connectivity index is 1.47. The van der Waals surface area contributed by atoms with Gasteiger partial charge in [0.2, 0.25) is 5.91 Å². The lowest BCUT2D eigenvalue weighted by atomic mass is 9.43. The summed E-state index contributed by atoms with van der Waals surface area (Å²) in [5, 5.41) is 25.4. The van der Waals surface area contributed by atoms with Crippen molar-refractivity contribution in [2.75, 3.05) is 0 Å². The van der Waals surface area contributed by atoms with E-state index >= 15 is 0 Å². The monoisotopic (exact) mass is 432 g/mol. The standard InChI is InChI=1S/C26H44N2O3/c1-5-27-28-23(31)9-6-16(2)19-7-8-20-24-21(11-13-26(19,20)4)25(3)12-10-18(29)14-17(25)15-22(24)30/h5,16-22,24,29-30H,6-15H2,1-4H3,(H,28,31). The predicted octanol–water partition coefficient (Wildman–Crippen LogP) is 4.52. The topological polar surface area (TPSA) is 81.9 Å². The molecular weight excluding hydrogens is 388 g/mol.